The molecule has 104 valence electrons. The number of halogens is 1. The third-order valence-corrected chi connectivity index (χ3v) is 4.28. The van der Waals surface area contributed by atoms with Crippen LogP contribution in [0.3, 0.4) is 0 Å². The van der Waals surface area contributed by atoms with Gasteiger partial charge in [0.1, 0.15) is 5.75 Å². The second-order valence-corrected chi connectivity index (χ2v) is 6.15. The van der Waals surface area contributed by atoms with E-state index in [0.29, 0.717) is 6.10 Å². The van der Waals surface area contributed by atoms with E-state index in [1.807, 2.05) is 24.3 Å². The first-order valence-corrected chi connectivity index (χ1v) is 7.77. The van der Waals surface area contributed by atoms with Crippen LogP contribution in [-0.4, -0.2) is 6.10 Å². The standard InChI is InChI=1S/C17H18BrNO/c18-16-7-2-1-4-12(16)11-17(19)13-5-3-6-15(10-13)20-14-8-9-14/h1-7,10,14,17H,8-9,11,19H2. The molecule has 1 fully saturated rings. The molecule has 1 aliphatic rings. The molecule has 0 saturated heterocycles. The number of benzene rings is 2. The summed E-state index contributed by atoms with van der Waals surface area (Å²) in [6.07, 6.45) is 3.58. The maximum Gasteiger partial charge on any atom is 0.120 e. The summed E-state index contributed by atoms with van der Waals surface area (Å²) in [6.45, 7) is 0. The molecular weight excluding hydrogens is 314 g/mol. The van der Waals surface area contributed by atoms with Crippen molar-refractivity contribution in [3.05, 3.63) is 64.1 Å². The predicted octanol–water partition coefficient (Wildman–Crippen LogP) is 4.23. The first kappa shape index (κ1) is 13.7. The smallest absolute Gasteiger partial charge is 0.120 e. The van der Waals surface area contributed by atoms with Crippen LogP contribution in [0, 0.1) is 0 Å². The Morgan fingerprint density at radius 3 is 2.70 bits per heavy atom. The molecule has 1 unspecified atom stereocenters. The molecule has 20 heavy (non-hydrogen) atoms. The molecule has 1 atom stereocenters. The van der Waals surface area contributed by atoms with Crippen molar-refractivity contribution in [3.63, 3.8) is 0 Å². The van der Waals surface area contributed by atoms with E-state index in [1.165, 1.54) is 18.4 Å². The highest BCUT2D eigenvalue weighted by molar-refractivity contribution is 9.10. The molecule has 2 aromatic carbocycles. The van der Waals surface area contributed by atoms with Crippen LogP contribution in [-0.2, 0) is 6.42 Å². The number of hydrogen-bond acceptors (Lipinski definition) is 2. The molecule has 0 heterocycles. The fourth-order valence-electron chi connectivity index (χ4n) is 2.22. The Morgan fingerprint density at radius 1 is 1.15 bits per heavy atom. The Hall–Kier alpha value is -1.32. The monoisotopic (exact) mass is 331 g/mol. The van der Waals surface area contributed by atoms with Gasteiger partial charge in [0.25, 0.3) is 0 Å². The second-order valence-electron chi connectivity index (χ2n) is 5.29. The highest BCUT2D eigenvalue weighted by atomic mass is 79.9. The molecule has 0 radical (unpaired) electrons. The third-order valence-electron chi connectivity index (χ3n) is 3.51. The summed E-state index contributed by atoms with van der Waals surface area (Å²) in [4.78, 5) is 0. The van der Waals surface area contributed by atoms with Crippen LogP contribution >= 0.6 is 15.9 Å². The van der Waals surface area contributed by atoms with Crippen LogP contribution in [0.1, 0.15) is 30.0 Å². The van der Waals surface area contributed by atoms with Gasteiger partial charge in [0.05, 0.1) is 6.10 Å². The largest absolute Gasteiger partial charge is 0.490 e. The van der Waals surface area contributed by atoms with Crippen LogP contribution < -0.4 is 10.5 Å². The predicted molar refractivity (Wildman–Crippen MR) is 84.9 cm³/mol. The number of hydrogen-bond donors (Lipinski definition) is 1. The Kier molecular flexibility index (Phi) is 4.08. The second kappa shape index (κ2) is 5.98. The maximum atomic E-state index is 6.33. The molecular formula is C17H18BrNO. The average Bonchev–Trinajstić information content (AvgIpc) is 3.25. The van der Waals surface area contributed by atoms with Crippen molar-refractivity contribution in [1.29, 1.82) is 0 Å². The van der Waals surface area contributed by atoms with Gasteiger partial charge in [-0.3, -0.25) is 0 Å². The molecule has 0 amide bonds. The first-order valence-electron chi connectivity index (χ1n) is 6.98. The van der Waals surface area contributed by atoms with Gasteiger partial charge in [-0.1, -0.05) is 46.3 Å². The molecule has 0 aliphatic heterocycles. The minimum absolute atomic E-state index is 0.0172. The van der Waals surface area contributed by atoms with Gasteiger partial charge in [-0.25, -0.2) is 0 Å². The van der Waals surface area contributed by atoms with Gasteiger partial charge in [-0.2, -0.15) is 0 Å². The van der Waals surface area contributed by atoms with Gasteiger partial charge in [0.15, 0.2) is 0 Å². The Balaban J connectivity index is 1.72. The van der Waals surface area contributed by atoms with Crippen LogP contribution in [0.15, 0.2) is 53.0 Å². The average molecular weight is 332 g/mol. The number of rotatable bonds is 5. The molecule has 0 spiro atoms. The molecule has 2 N–H and O–H groups in total. The van der Waals surface area contributed by atoms with Crippen LogP contribution in [0.25, 0.3) is 0 Å². The lowest BCUT2D eigenvalue weighted by molar-refractivity contribution is 0.302. The van der Waals surface area contributed by atoms with E-state index >= 15 is 0 Å². The lowest BCUT2D eigenvalue weighted by Crippen LogP contribution is -2.13. The zero-order valence-corrected chi connectivity index (χ0v) is 12.8. The van der Waals surface area contributed by atoms with E-state index in [0.717, 1.165) is 22.2 Å². The molecule has 0 bridgehead atoms. The van der Waals surface area contributed by atoms with Gasteiger partial charge in [0.2, 0.25) is 0 Å². The summed E-state index contributed by atoms with van der Waals surface area (Å²) < 4.78 is 6.94. The number of ether oxygens (including phenoxy) is 1. The quantitative estimate of drug-likeness (QED) is 0.889. The first-order chi connectivity index (χ1) is 9.72. The van der Waals surface area contributed by atoms with E-state index < -0.39 is 0 Å². The van der Waals surface area contributed by atoms with Crippen LogP contribution in [0.4, 0.5) is 0 Å². The van der Waals surface area contributed by atoms with Crippen molar-refractivity contribution in [2.75, 3.05) is 0 Å². The fourth-order valence-corrected chi connectivity index (χ4v) is 2.66. The van der Waals surface area contributed by atoms with Crippen molar-refractivity contribution in [3.8, 4) is 5.75 Å². The van der Waals surface area contributed by atoms with E-state index in [1.54, 1.807) is 0 Å². The van der Waals surface area contributed by atoms with Crippen molar-refractivity contribution >= 4 is 15.9 Å². The summed E-state index contributed by atoms with van der Waals surface area (Å²) in [5.74, 6) is 0.938. The molecule has 3 rings (SSSR count). The van der Waals surface area contributed by atoms with E-state index in [9.17, 15) is 0 Å². The molecule has 1 aliphatic carbocycles. The van der Waals surface area contributed by atoms with E-state index in [-0.39, 0.29) is 6.04 Å². The lowest BCUT2D eigenvalue weighted by atomic mass is 9.99. The minimum Gasteiger partial charge on any atom is -0.490 e. The minimum atomic E-state index is -0.0172. The summed E-state index contributed by atoms with van der Waals surface area (Å²) in [5, 5.41) is 0. The summed E-state index contributed by atoms with van der Waals surface area (Å²) in [5.41, 5.74) is 8.69. The fraction of sp³-hybridized carbons (Fsp3) is 0.294. The van der Waals surface area contributed by atoms with Crippen LogP contribution in [0.2, 0.25) is 0 Å². The number of nitrogens with two attached hydrogens (primary N) is 1. The molecule has 0 aromatic heterocycles. The highest BCUT2D eigenvalue weighted by Crippen LogP contribution is 2.29. The van der Waals surface area contributed by atoms with Gasteiger partial charge >= 0.3 is 0 Å². The summed E-state index contributed by atoms with van der Waals surface area (Å²) >= 11 is 3.57. The Bertz CT molecular complexity index is 595. The van der Waals surface area contributed by atoms with Gasteiger partial charge in [-0.15, -0.1) is 0 Å². The Morgan fingerprint density at radius 2 is 1.95 bits per heavy atom. The third kappa shape index (κ3) is 3.41. The van der Waals surface area contributed by atoms with Gasteiger partial charge in [0, 0.05) is 10.5 Å². The summed E-state index contributed by atoms with van der Waals surface area (Å²) in [7, 11) is 0. The molecule has 2 aromatic rings. The van der Waals surface area contributed by atoms with E-state index in [2.05, 4.69) is 40.2 Å². The van der Waals surface area contributed by atoms with Gasteiger partial charge in [-0.05, 0) is 48.6 Å². The zero-order chi connectivity index (χ0) is 13.9. The van der Waals surface area contributed by atoms with Crippen molar-refractivity contribution in [1.82, 2.24) is 0 Å². The zero-order valence-electron chi connectivity index (χ0n) is 11.3. The van der Waals surface area contributed by atoms with Crippen molar-refractivity contribution in [2.24, 2.45) is 5.73 Å². The Labute approximate surface area is 128 Å². The summed E-state index contributed by atoms with van der Waals surface area (Å²) in [6, 6.07) is 16.4. The molecule has 1 saturated carbocycles. The highest BCUT2D eigenvalue weighted by Gasteiger charge is 2.23. The van der Waals surface area contributed by atoms with Crippen molar-refractivity contribution < 1.29 is 4.74 Å². The van der Waals surface area contributed by atoms with Crippen molar-refractivity contribution in [2.45, 2.75) is 31.4 Å². The lowest BCUT2D eigenvalue weighted by Gasteiger charge is -2.14. The van der Waals surface area contributed by atoms with Crippen LogP contribution in [0.5, 0.6) is 5.75 Å². The van der Waals surface area contributed by atoms with E-state index in [4.69, 9.17) is 10.5 Å². The maximum absolute atomic E-state index is 6.33. The molecule has 2 nitrogen and oxygen atoms in total. The SMILES string of the molecule is NC(Cc1ccccc1Br)c1cccc(OC2CC2)c1. The normalized spacial score (nSPS) is 15.9. The van der Waals surface area contributed by atoms with Gasteiger partial charge < -0.3 is 10.5 Å². The molecule has 3 heteroatoms. The topological polar surface area (TPSA) is 35.2 Å².